The highest BCUT2D eigenvalue weighted by Crippen LogP contribution is 2.56. The van der Waals surface area contributed by atoms with Gasteiger partial charge in [0.15, 0.2) is 9.84 Å². The van der Waals surface area contributed by atoms with Gasteiger partial charge in [0, 0.05) is 12.5 Å². The number of ether oxygens (including phenoxy) is 1. The van der Waals surface area contributed by atoms with Crippen molar-refractivity contribution >= 4 is 15.9 Å². The van der Waals surface area contributed by atoms with Gasteiger partial charge in [-0.15, -0.1) is 0 Å². The second-order valence-electron chi connectivity index (χ2n) is 8.04. The Kier molecular flexibility index (Phi) is 5.25. The molecule has 3 N–H and O–H groups in total. The lowest BCUT2D eigenvalue weighted by Gasteiger charge is -2.24. The van der Waals surface area contributed by atoms with E-state index in [1.54, 1.807) is 51.1 Å². The molecule has 1 aliphatic carbocycles. The Morgan fingerprint density at radius 2 is 1.61 bits per heavy atom. The van der Waals surface area contributed by atoms with Gasteiger partial charge >= 0.3 is 6.09 Å². The van der Waals surface area contributed by atoms with Gasteiger partial charge in [0.1, 0.15) is 10.9 Å². The van der Waals surface area contributed by atoms with Crippen LogP contribution in [0.2, 0.25) is 0 Å². The molecule has 0 spiro atoms. The number of sulfone groups is 1. The molecule has 0 unspecified atom stereocenters. The van der Waals surface area contributed by atoms with Crippen LogP contribution < -0.4 is 11.1 Å². The second-order valence-corrected chi connectivity index (χ2v) is 10.1. The number of rotatable bonds is 5. The SMILES string of the molecule is CC(C)(C)OC(=O)N[C@@]1(CN)[C@@H](c2ccccc2)[C@@H]1S(=O)(=O)c1ccccc1. The summed E-state index contributed by atoms with van der Waals surface area (Å²) in [5.41, 5.74) is 5.02. The Balaban J connectivity index is 2.01. The molecule has 0 aliphatic heterocycles. The number of benzene rings is 2. The highest BCUT2D eigenvalue weighted by Gasteiger charge is 2.71. The van der Waals surface area contributed by atoms with Gasteiger partial charge in [-0.1, -0.05) is 48.5 Å². The predicted octanol–water partition coefficient (Wildman–Crippen LogP) is 2.85. The largest absolute Gasteiger partial charge is 0.444 e. The third kappa shape index (κ3) is 3.77. The van der Waals surface area contributed by atoms with Crippen LogP contribution in [0, 0.1) is 0 Å². The Bertz CT molecular complexity index is 939. The average Bonchev–Trinajstić information content (AvgIpc) is 3.31. The first-order valence-corrected chi connectivity index (χ1v) is 10.7. The fourth-order valence-corrected chi connectivity index (χ4v) is 6.05. The summed E-state index contributed by atoms with van der Waals surface area (Å²) in [4.78, 5) is 12.7. The summed E-state index contributed by atoms with van der Waals surface area (Å²) in [6, 6.07) is 17.5. The number of nitrogens with two attached hydrogens (primary N) is 1. The molecular weight excluding hydrogens is 376 g/mol. The number of amides is 1. The summed E-state index contributed by atoms with van der Waals surface area (Å²) in [5.74, 6) is -0.462. The molecule has 1 fully saturated rings. The molecule has 1 saturated carbocycles. The van der Waals surface area contributed by atoms with E-state index in [-0.39, 0.29) is 11.4 Å². The van der Waals surface area contributed by atoms with Crippen LogP contribution in [0.25, 0.3) is 0 Å². The van der Waals surface area contributed by atoms with Gasteiger partial charge in [0.2, 0.25) is 0 Å². The highest BCUT2D eigenvalue weighted by atomic mass is 32.2. The molecule has 7 heteroatoms. The molecule has 0 aromatic heterocycles. The van der Waals surface area contributed by atoms with Crippen LogP contribution in [-0.2, 0) is 14.6 Å². The van der Waals surface area contributed by atoms with Crippen LogP contribution in [0.3, 0.4) is 0 Å². The highest BCUT2D eigenvalue weighted by molar-refractivity contribution is 7.92. The van der Waals surface area contributed by atoms with Crippen molar-refractivity contribution in [3.05, 3.63) is 66.2 Å². The number of nitrogens with one attached hydrogen (secondary N) is 1. The van der Waals surface area contributed by atoms with Crippen LogP contribution in [0.5, 0.6) is 0 Å². The van der Waals surface area contributed by atoms with Gasteiger partial charge in [-0.3, -0.25) is 0 Å². The summed E-state index contributed by atoms with van der Waals surface area (Å²) in [6.07, 6.45) is -0.676. The van der Waals surface area contributed by atoms with E-state index in [2.05, 4.69) is 5.32 Å². The lowest BCUT2D eigenvalue weighted by atomic mass is 10.1. The van der Waals surface area contributed by atoms with Crippen LogP contribution in [-0.4, -0.2) is 37.4 Å². The van der Waals surface area contributed by atoms with Crippen molar-refractivity contribution in [1.82, 2.24) is 5.32 Å². The predicted molar refractivity (Wildman–Crippen MR) is 108 cm³/mol. The monoisotopic (exact) mass is 402 g/mol. The molecule has 28 heavy (non-hydrogen) atoms. The first kappa shape index (κ1) is 20.4. The molecule has 0 bridgehead atoms. The molecule has 0 radical (unpaired) electrons. The fraction of sp³-hybridized carbons (Fsp3) is 0.381. The zero-order valence-corrected chi connectivity index (χ0v) is 17.1. The van der Waals surface area contributed by atoms with Crippen molar-refractivity contribution in [3.63, 3.8) is 0 Å². The minimum atomic E-state index is -3.72. The second kappa shape index (κ2) is 7.22. The molecule has 3 atom stereocenters. The van der Waals surface area contributed by atoms with Crippen molar-refractivity contribution in [2.24, 2.45) is 5.73 Å². The van der Waals surface area contributed by atoms with Crippen LogP contribution in [0.15, 0.2) is 65.6 Å². The summed E-state index contributed by atoms with van der Waals surface area (Å²) in [6.45, 7) is 5.23. The van der Waals surface area contributed by atoms with Crippen molar-refractivity contribution < 1.29 is 17.9 Å². The van der Waals surface area contributed by atoms with E-state index in [1.165, 1.54) is 0 Å². The quantitative estimate of drug-likeness (QED) is 0.801. The van der Waals surface area contributed by atoms with Gasteiger partial charge in [-0.2, -0.15) is 0 Å². The molecule has 2 aromatic rings. The van der Waals surface area contributed by atoms with Gasteiger partial charge in [0.25, 0.3) is 0 Å². The Morgan fingerprint density at radius 1 is 1.07 bits per heavy atom. The summed E-state index contributed by atoms with van der Waals surface area (Å²) < 4.78 is 32.1. The molecule has 0 heterocycles. The molecule has 150 valence electrons. The fourth-order valence-electron chi connectivity index (χ4n) is 3.69. The number of hydrogen-bond donors (Lipinski definition) is 2. The first-order chi connectivity index (χ1) is 13.1. The van der Waals surface area contributed by atoms with Gasteiger partial charge in [0.05, 0.1) is 10.4 Å². The van der Waals surface area contributed by atoms with E-state index in [1.807, 2.05) is 30.3 Å². The summed E-state index contributed by atoms with van der Waals surface area (Å²) in [5, 5.41) is 1.91. The number of carbonyl (C=O) groups is 1. The minimum Gasteiger partial charge on any atom is -0.444 e. The van der Waals surface area contributed by atoms with Gasteiger partial charge in [-0.05, 0) is 38.5 Å². The molecule has 2 aromatic carbocycles. The lowest BCUT2D eigenvalue weighted by molar-refractivity contribution is 0.0497. The van der Waals surface area contributed by atoms with Gasteiger partial charge in [-0.25, -0.2) is 13.2 Å². The minimum absolute atomic E-state index is 0.0253. The summed E-state index contributed by atoms with van der Waals surface area (Å²) in [7, 11) is -3.72. The number of alkyl carbamates (subject to hydrolysis) is 1. The van der Waals surface area contributed by atoms with Crippen molar-refractivity contribution in [1.29, 1.82) is 0 Å². The molecule has 6 nitrogen and oxygen atoms in total. The zero-order valence-electron chi connectivity index (χ0n) is 16.3. The first-order valence-electron chi connectivity index (χ1n) is 9.17. The topological polar surface area (TPSA) is 98.5 Å². The maximum absolute atomic E-state index is 13.4. The van der Waals surface area contributed by atoms with E-state index in [4.69, 9.17) is 10.5 Å². The molecular formula is C21H26N2O4S. The third-order valence-electron chi connectivity index (χ3n) is 4.89. The van der Waals surface area contributed by atoms with Gasteiger partial charge < -0.3 is 15.8 Å². The lowest BCUT2D eigenvalue weighted by Crippen LogP contribution is -2.49. The smallest absolute Gasteiger partial charge is 0.408 e. The van der Waals surface area contributed by atoms with E-state index in [9.17, 15) is 13.2 Å². The Hall–Kier alpha value is -2.38. The third-order valence-corrected chi connectivity index (χ3v) is 7.18. The normalized spacial score (nSPS) is 24.4. The average molecular weight is 403 g/mol. The van der Waals surface area contributed by atoms with Crippen molar-refractivity contribution in [3.8, 4) is 0 Å². The maximum Gasteiger partial charge on any atom is 0.408 e. The number of hydrogen-bond acceptors (Lipinski definition) is 5. The standard InChI is InChI=1S/C21H26N2O4S/c1-20(2,3)27-19(24)23-21(14-22)17(15-10-6-4-7-11-15)18(21)28(25,26)16-12-8-5-9-13-16/h4-13,17-18H,14,22H2,1-3H3,(H,23,24)/t17-,18-,21-/m0/s1. The van der Waals surface area contributed by atoms with Crippen molar-refractivity contribution in [2.75, 3.05) is 6.54 Å². The van der Waals surface area contributed by atoms with Crippen LogP contribution in [0.4, 0.5) is 4.79 Å². The number of carbonyl (C=O) groups excluding carboxylic acids is 1. The molecule has 3 rings (SSSR count). The van der Waals surface area contributed by atoms with E-state index >= 15 is 0 Å². The van der Waals surface area contributed by atoms with E-state index in [0.29, 0.717) is 0 Å². The van der Waals surface area contributed by atoms with Crippen molar-refractivity contribution in [2.45, 2.75) is 48.0 Å². The maximum atomic E-state index is 13.4. The van der Waals surface area contributed by atoms with E-state index < -0.39 is 38.2 Å². The molecule has 1 amide bonds. The zero-order chi connectivity index (χ0) is 20.6. The van der Waals surface area contributed by atoms with E-state index in [0.717, 1.165) is 5.56 Å². The Labute approximate surface area is 166 Å². The van der Waals surface area contributed by atoms with Crippen LogP contribution in [0.1, 0.15) is 32.3 Å². The molecule has 0 saturated heterocycles. The van der Waals surface area contributed by atoms with Crippen LogP contribution >= 0.6 is 0 Å². The molecule has 1 aliphatic rings. The summed E-state index contributed by atoms with van der Waals surface area (Å²) >= 11 is 0. The Morgan fingerprint density at radius 3 is 2.11 bits per heavy atom.